The largest absolute Gasteiger partial charge is 0.385 e. The Hall–Kier alpha value is -1.90. The van der Waals surface area contributed by atoms with Crippen LogP contribution in [0.25, 0.3) is 6.08 Å². The number of rotatable bonds is 6. The molecule has 9 heteroatoms. The molecule has 1 aliphatic rings. The highest BCUT2D eigenvalue weighted by Gasteiger charge is 2.34. The second kappa shape index (κ2) is 7.58. The lowest BCUT2D eigenvalue weighted by Gasteiger charge is -2.11. The van der Waals surface area contributed by atoms with E-state index in [1.54, 1.807) is 13.2 Å². The number of halogens is 1. The summed E-state index contributed by atoms with van der Waals surface area (Å²) in [6, 6.07) is 4.20. The lowest BCUT2D eigenvalue weighted by molar-refractivity contribution is -0.384. The van der Waals surface area contributed by atoms with Gasteiger partial charge in [-0.05, 0) is 35.9 Å². The van der Waals surface area contributed by atoms with Crippen LogP contribution in [0.3, 0.4) is 0 Å². The van der Waals surface area contributed by atoms with Gasteiger partial charge in [-0.2, -0.15) is 0 Å². The van der Waals surface area contributed by atoms with E-state index >= 15 is 0 Å². The number of nitro benzene ring substituents is 1. The summed E-state index contributed by atoms with van der Waals surface area (Å²) in [5.41, 5.74) is 0.184. The molecule has 0 atom stereocenters. The molecular formula is C14H13ClN2O5S. The van der Waals surface area contributed by atoms with Crippen LogP contribution in [0.5, 0.6) is 0 Å². The summed E-state index contributed by atoms with van der Waals surface area (Å²) in [6.45, 7) is 0.723. The summed E-state index contributed by atoms with van der Waals surface area (Å²) < 4.78 is 4.89. The van der Waals surface area contributed by atoms with Crippen molar-refractivity contribution in [3.05, 3.63) is 43.8 Å². The zero-order chi connectivity index (χ0) is 17.0. The normalized spacial score (nSPS) is 16.4. The fraction of sp³-hybridized carbons (Fsp3) is 0.286. The van der Waals surface area contributed by atoms with E-state index in [4.69, 9.17) is 16.3 Å². The van der Waals surface area contributed by atoms with Crippen molar-refractivity contribution in [2.45, 2.75) is 6.42 Å². The molecule has 1 aromatic carbocycles. The molecule has 0 bridgehead atoms. The van der Waals surface area contributed by atoms with Crippen LogP contribution in [-0.4, -0.2) is 41.2 Å². The lowest BCUT2D eigenvalue weighted by atomic mass is 10.2. The third-order valence-corrected chi connectivity index (χ3v) is 4.30. The van der Waals surface area contributed by atoms with Crippen molar-refractivity contribution < 1.29 is 19.2 Å². The monoisotopic (exact) mass is 356 g/mol. The first kappa shape index (κ1) is 17.5. The molecule has 0 unspecified atom stereocenters. The van der Waals surface area contributed by atoms with E-state index < -0.39 is 10.8 Å². The van der Waals surface area contributed by atoms with E-state index in [0.717, 1.165) is 16.7 Å². The molecule has 0 aromatic heterocycles. The highest BCUT2D eigenvalue weighted by molar-refractivity contribution is 8.18. The zero-order valence-corrected chi connectivity index (χ0v) is 13.7. The highest BCUT2D eigenvalue weighted by Crippen LogP contribution is 2.33. The Kier molecular flexibility index (Phi) is 5.75. The second-order valence-corrected chi connectivity index (χ2v) is 6.05. The topological polar surface area (TPSA) is 89.8 Å². The summed E-state index contributed by atoms with van der Waals surface area (Å²) in [4.78, 5) is 35.7. The molecule has 23 heavy (non-hydrogen) atoms. The van der Waals surface area contributed by atoms with Crippen molar-refractivity contribution in [1.29, 1.82) is 0 Å². The molecule has 0 aliphatic carbocycles. The minimum Gasteiger partial charge on any atom is -0.385 e. The maximum Gasteiger partial charge on any atom is 0.293 e. The van der Waals surface area contributed by atoms with E-state index in [2.05, 4.69) is 0 Å². The number of methoxy groups -OCH3 is 1. The van der Waals surface area contributed by atoms with Crippen molar-refractivity contribution in [2.75, 3.05) is 20.3 Å². The smallest absolute Gasteiger partial charge is 0.293 e. The van der Waals surface area contributed by atoms with E-state index in [1.807, 2.05) is 0 Å². The van der Waals surface area contributed by atoms with Gasteiger partial charge >= 0.3 is 0 Å². The molecule has 0 radical (unpaired) electrons. The molecule has 2 rings (SSSR count). The highest BCUT2D eigenvalue weighted by atomic mass is 35.5. The van der Waals surface area contributed by atoms with Crippen molar-refractivity contribution in [3.8, 4) is 0 Å². The number of imide groups is 1. The van der Waals surface area contributed by atoms with Crippen LogP contribution in [0, 0.1) is 10.1 Å². The summed E-state index contributed by atoms with van der Waals surface area (Å²) in [5, 5.41) is 10.5. The number of thioether (sulfide) groups is 1. The summed E-state index contributed by atoms with van der Waals surface area (Å²) >= 11 is 6.55. The Balaban J connectivity index is 2.20. The van der Waals surface area contributed by atoms with Crippen LogP contribution in [0.4, 0.5) is 10.5 Å². The van der Waals surface area contributed by atoms with Gasteiger partial charge in [0.1, 0.15) is 5.02 Å². The van der Waals surface area contributed by atoms with Crippen LogP contribution < -0.4 is 0 Å². The molecule has 1 saturated heterocycles. The Morgan fingerprint density at radius 2 is 2.17 bits per heavy atom. The quantitative estimate of drug-likeness (QED) is 0.336. The van der Waals surface area contributed by atoms with Crippen LogP contribution in [0.1, 0.15) is 12.0 Å². The molecule has 7 nitrogen and oxygen atoms in total. The molecule has 1 aromatic rings. The fourth-order valence-electron chi connectivity index (χ4n) is 1.97. The van der Waals surface area contributed by atoms with E-state index in [1.165, 1.54) is 18.2 Å². The van der Waals surface area contributed by atoms with Gasteiger partial charge in [0.05, 0.1) is 9.83 Å². The van der Waals surface area contributed by atoms with Crippen LogP contribution in [-0.2, 0) is 9.53 Å². The average molecular weight is 357 g/mol. The van der Waals surface area contributed by atoms with Crippen LogP contribution >= 0.6 is 23.4 Å². The number of hydrogen-bond donors (Lipinski definition) is 0. The number of ether oxygens (including phenoxy) is 1. The maximum atomic E-state index is 12.2. The van der Waals surface area contributed by atoms with Gasteiger partial charge in [0.15, 0.2) is 0 Å². The van der Waals surface area contributed by atoms with Crippen molar-refractivity contribution in [3.63, 3.8) is 0 Å². The standard InChI is InChI=1S/C14H13ClN2O5S/c1-22-6-2-5-16-13(18)12(23-14(16)19)8-9-3-4-10(15)11(7-9)17(20)21/h3-4,7-8H,2,5-6H2,1H3/b12-8+. The van der Waals surface area contributed by atoms with Crippen molar-refractivity contribution >= 4 is 46.3 Å². The van der Waals surface area contributed by atoms with Gasteiger partial charge < -0.3 is 4.74 Å². The van der Waals surface area contributed by atoms with Crippen molar-refractivity contribution in [1.82, 2.24) is 4.90 Å². The lowest BCUT2D eigenvalue weighted by Crippen LogP contribution is -2.29. The van der Waals surface area contributed by atoms with Gasteiger partial charge in [0.25, 0.3) is 16.8 Å². The third kappa shape index (κ3) is 4.10. The number of hydrogen-bond acceptors (Lipinski definition) is 6. The first-order valence-corrected chi connectivity index (χ1v) is 7.81. The molecule has 2 amide bonds. The number of nitro groups is 1. The number of carbonyl (C=O) groups excluding carboxylic acids is 2. The fourth-order valence-corrected chi connectivity index (χ4v) is 3.02. The van der Waals surface area contributed by atoms with Gasteiger partial charge in [0, 0.05) is 26.3 Å². The Bertz CT molecular complexity index is 692. The van der Waals surface area contributed by atoms with Crippen LogP contribution in [0.15, 0.2) is 23.1 Å². The Morgan fingerprint density at radius 1 is 1.43 bits per heavy atom. The van der Waals surface area contributed by atoms with Gasteiger partial charge in [-0.25, -0.2) is 0 Å². The Labute approximate surface area is 141 Å². The average Bonchev–Trinajstić information content (AvgIpc) is 2.76. The second-order valence-electron chi connectivity index (χ2n) is 4.65. The molecule has 0 spiro atoms. The number of carbonyl (C=O) groups is 2. The van der Waals surface area contributed by atoms with Crippen LogP contribution in [0.2, 0.25) is 5.02 Å². The third-order valence-electron chi connectivity index (χ3n) is 3.07. The minimum atomic E-state index is -0.601. The summed E-state index contributed by atoms with van der Waals surface area (Å²) in [7, 11) is 1.54. The molecule has 1 aliphatic heterocycles. The first-order chi connectivity index (χ1) is 10.9. The predicted molar refractivity (Wildman–Crippen MR) is 87.3 cm³/mol. The number of benzene rings is 1. The molecular weight excluding hydrogens is 344 g/mol. The number of nitrogens with zero attached hydrogens (tertiary/aromatic N) is 2. The zero-order valence-electron chi connectivity index (χ0n) is 12.2. The maximum absolute atomic E-state index is 12.2. The number of amides is 2. The van der Waals surface area contributed by atoms with Gasteiger partial charge in [-0.3, -0.25) is 24.6 Å². The molecule has 1 fully saturated rings. The first-order valence-electron chi connectivity index (χ1n) is 6.62. The minimum absolute atomic E-state index is 0.0137. The summed E-state index contributed by atoms with van der Waals surface area (Å²) in [5.74, 6) is -0.409. The van der Waals surface area contributed by atoms with Gasteiger partial charge in [-0.15, -0.1) is 0 Å². The Morgan fingerprint density at radius 3 is 2.83 bits per heavy atom. The molecule has 122 valence electrons. The van der Waals surface area contributed by atoms with Gasteiger partial charge in [0.2, 0.25) is 0 Å². The van der Waals surface area contributed by atoms with Crippen molar-refractivity contribution in [2.24, 2.45) is 0 Å². The molecule has 0 saturated carbocycles. The molecule has 0 N–H and O–H groups in total. The van der Waals surface area contributed by atoms with Gasteiger partial charge in [-0.1, -0.05) is 17.7 Å². The SMILES string of the molecule is COCCCN1C(=O)S/C(=C/c2ccc(Cl)c([N+](=O)[O-])c2)C1=O. The van der Waals surface area contributed by atoms with E-state index in [9.17, 15) is 19.7 Å². The predicted octanol–water partition coefficient (Wildman–Crippen LogP) is 3.32. The van der Waals surface area contributed by atoms with E-state index in [-0.39, 0.29) is 27.4 Å². The summed E-state index contributed by atoms with van der Waals surface area (Å²) in [6.07, 6.45) is 2.00. The van der Waals surface area contributed by atoms with E-state index in [0.29, 0.717) is 18.6 Å². The molecule has 1 heterocycles.